The predicted molar refractivity (Wildman–Crippen MR) is 88.8 cm³/mol. The van der Waals surface area contributed by atoms with Crippen LogP contribution in [0.2, 0.25) is 0 Å². The molecule has 0 atom stereocenters. The van der Waals surface area contributed by atoms with E-state index in [4.69, 9.17) is 4.74 Å². The molecular formula is C19H22N2O3. The number of aromatic nitrogens is 2. The minimum Gasteiger partial charge on any atom is -0.457 e. The smallest absolute Gasteiger partial charge is 0.338 e. The molecule has 0 saturated heterocycles. The zero-order valence-corrected chi connectivity index (χ0v) is 13.7. The van der Waals surface area contributed by atoms with Crippen LogP contribution in [0.25, 0.3) is 5.69 Å². The van der Waals surface area contributed by atoms with Gasteiger partial charge in [-0.1, -0.05) is 18.2 Å². The van der Waals surface area contributed by atoms with Crippen LogP contribution in [0.5, 0.6) is 0 Å². The van der Waals surface area contributed by atoms with Crippen LogP contribution in [0, 0.1) is 0 Å². The number of para-hydroxylation sites is 1. The zero-order valence-electron chi connectivity index (χ0n) is 13.7. The van der Waals surface area contributed by atoms with Gasteiger partial charge in [-0.2, -0.15) is 5.10 Å². The second kappa shape index (κ2) is 6.06. The van der Waals surface area contributed by atoms with Crippen molar-refractivity contribution in [1.29, 1.82) is 0 Å². The number of carbonyl (C=O) groups excluding carboxylic acids is 1. The van der Waals surface area contributed by atoms with Gasteiger partial charge in [-0.3, -0.25) is 0 Å². The molecule has 5 heteroatoms. The summed E-state index contributed by atoms with van der Waals surface area (Å²) in [6, 6.07) is 10.0. The van der Waals surface area contributed by atoms with Crippen molar-refractivity contribution >= 4 is 5.97 Å². The lowest BCUT2D eigenvalue weighted by Crippen LogP contribution is -2.36. The van der Waals surface area contributed by atoms with E-state index in [9.17, 15) is 9.90 Å². The lowest BCUT2D eigenvalue weighted by atomic mass is 10.0. The molecule has 5 nitrogen and oxygen atoms in total. The average molecular weight is 326 g/mol. The van der Waals surface area contributed by atoms with Crippen LogP contribution in [-0.4, -0.2) is 26.5 Å². The Morgan fingerprint density at radius 3 is 2.67 bits per heavy atom. The van der Waals surface area contributed by atoms with E-state index in [1.54, 1.807) is 0 Å². The Morgan fingerprint density at radius 1 is 1.17 bits per heavy atom. The second-order valence-electron chi connectivity index (χ2n) is 6.79. The van der Waals surface area contributed by atoms with Crippen molar-refractivity contribution in [3.63, 3.8) is 0 Å². The maximum Gasteiger partial charge on any atom is 0.338 e. The van der Waals surface area contributed by atoms with E-state index < -0.39 is 11.6 Å². The summed E-state index contributed by atoms with van der Waals surface area (Å²) >= 11 is 0. The maximum atomic E-state index is 12.2. The van der Waals surface area contributed by atoms with Crippen molar-refractivity contribution in [3.05, 3.63) is 47.3 Å². The van der Waals surface area contributed by atoms with E-state index >= 15 is 0 Å². The number of fused-ring (bicyclic) bond motifs is 1. The summed E-state index contributed by atoms with van der Waals surface area (Å²) in [6.07, 6.45) is 5.83. The van der Waals surface area contributed by atoms with Gasteiger partial charge in [-0.05, 0) is 57.1 Å². The molecule has 0 amide bonds. The van der Waals surface area contributed by atoms with Gasteiger partial charge in [0.15, 0.2) is 5.60 Å². The predicted octanol–water partition coefficient (Wildman–Crippen LogP) is 2.71. The normalized spacial score (nSPS) is 18.5. The van der Waals surface area contributed by atoms with Crippen LogP contribution in [-0.2, 0) is 29.0 Å². The number of aliphatic hydroxyl groups is 1. The third-order valence-electron chi connectivity index (χ3n) is 5.16. The number of hydrogen-bond acceptors (Lipinski definition) is 4. The number of hydrogen-bond donors (Lipinski definition) is 1. The largest absolute Gasteiger partial charge is 0.457 e. The third-order valence-corrected chi connectivity index (χ3v) is 5.16. The summed E-state index contributed by atoms with van der Waals surface area (Å²) in [5.41, 5.74) is 2.98. The molecule has 2 aliphatic rings. The highest BCUT2D eigenvalue weighted by Gasteiger charge is 2.40. The minimum absolute atomic E-state index is 0.142. The molecule has 0 aliphatic heterocycles. The van der Waals surface area contributed by atoms with Gasteiger partial charge in [-0.15, -0.1) is 0 Å². The molecule has 1 heterocycles. The molecule has 4 rings (SSSR count). The number of ether oxygens (including phenoxy) is 1. The lowest BCUT2D eigenvalue weighted by Gasteiger charge is -2.19. The SMILES string of the molecule is O=C(OCc1nn(-c2ccccc2)c2c1CCC2)C1(O)CCCC1. The van der Waals surface area contributed by atoms with Crippen molar-refractivity contribution in [3.8, 4) is 5.69 Å². The lowest BCUT2D eigenvalue weighted by molar-refractivity contribution is -0.166. The molecule has 126 valence electrons. The Kier molecular flexibility index (Phi) is 3.88. The number of nitrogens with zero attached hydrogens (tertiary/aromatic N) is 2. The highest BCUT2D eigenvalue weighted by Crippen LogP contribution is 2.32. The van der Waals surface area contributed by atoms with Crippen LogP contribution >= 0.6 is 0 Å². The molecular weight excluding hydrogens is 304 g/mol. The summed E-state index contributed by atoms with van der Waals surface area (Å²) in [4.78, 5) is 12.2. The van der Waals surface area contributed by atoms with Gasteiger partial charge in [0.05, 0.1) is 5.69 Å². The van der Waals surface area contributed by atoms with E-state index in [0.717, 1.165) is 43.5 Å². The summed E-state index contributed by atoms with van der Waals surface area (Å²) in [6.45, 7) is 0.142. The topological polar surface area (TPSA) is 64.3 Å². The van der Waals surface area contributed by atoms with E-state index in [1.165, 1.54) is 11.3 Å². The van der Waals surface area contributed by atoms with Gasteiger partial charge >= 0.3 is 5.97 Å². The number of rotatable bonds is 4. The summed E-state index contributed by atoms with van der Waals surface area (Å²) in [5.74, 6) is -0.499. The van der Waals surface area contributed by atoms with Crippen LogP contribution < -0.4 is 0 Å². The van der Waals surface area contributed by atoms with Crippen LogP contribution in [0.1, 0.15) is 49.1 Å². The first-order valence-corrected chi connectivity index (χ1v) is 8.72. The summed E-state index contributed by atoms with van der Waals surface area (Å²) in [5, 5.41) is 15.0. The van der Waals surface area contributed by atoms with Crippen molar-refractivity contribution in [1.82, 2.24) is 9.78 Å². The molecule has 1 fully saturated rings. The first-order valence-electron chi connectivity index (χ1n) is 8.72. The Bertz CT molecular complexity index is 745. The quantitative estimate of drug-likeness (QED) is 0.878. The van der Waals surface area contributed by atoms with E-state index in [-0.39, 0.29) is 6.61 Å². The molecule has 1 aromatic carbocycles. The van der Waals surface area contributed by atoms with Gasteiger partial charge in [0, 0.05) is 11.3 Å². The molecule has 0 radical (unpaired) electrons. The fraction of sp³-hybridized carbons (Fsp3) is 0.474. The molecule has 2 aromatic rings. The average Bonchev–Trinajstić information content (AvgIpc) is 3.31. The molecule has 24 heavy (non-hydrogen) atoms. The minimum atomic E-state index is -1.29. The molecule has 0 spiro atoms. The van der Waals surface area contributed by atoms with Gasteiger partial charge in [-0.25, -0.2) is 9.48 Å². The van der Waals surface area contributed by atoms with Crippen molar-refractivity contribution in [2.24, 2.45) is 0 Å². The zero-order chi connectivity index (χ0) is 16.6. The van der Waals surface area contributed by atoms with Crippen molar-refractivity contribution < 1.29 is 14.6 Å². The molecule has 1 saturated carbocycles. The van der Waals surface area contributed by atoms with Crippen LogP contribution in [0.15, 0.2) is 30.3 Å². The van der Waals surface area contributed by atoms with Gasteiger partial charge in [0.2, 0.25) is 0 Å². The molecule has 0 bridgehead atoms. The summed E-state index contributed by atoms with van der Waals surface area (Å²) < 4.78 is 7.39. The van der Waals surface area contributed by atoms with Gasteiger partial charge < -0.3 is 9.84 Å². The molecule has 1 N–H and O–H groups in total. The molecule has 1 aromatic heterocycles. The Hall–Kier alpha value is -2.14. The second-order valence-corrected chi connectivity index (χ2v) is 6.79. The van der Waals surface area contributed by atoms with Crippen molar-refractivity contribution in [2.75, 3.05) is 0 Å². The highest BCUT2D eigenvalue weighted by atomic mass is 16.5. The maximum absolute atomic E-state index is 12.2. The van der Waals surface area contributed by atoms with Gasteiger partial charge in [0.25, 0.3) is 0 Å². The van der Waals surface area contributed by atoms with Crippen LogP contribution in [0.4, 0.5) is 0 Å². The van der Waals surface area contributed by atoms with E-state index in [2.05, 4.69) is 5.10 Å². The van der Waals surface area contributed by atoms with Gasteiger partial charge in [0.1, 0.15) is 12.3 Å². The standard InChI is InChI=1S/C19H22N2O3/c22-18(19(23)11-4-5-12-19)24-13-16-15-9-6-10-17(15)21(20-16)14-7-2-1-3-8-14/h1-3,7-8,23H,4-6,9-13H2. The Morgan fingerprint density at radius 2 is 1.92 bits per heavy atom. The Balaban J connectivity index is 1.55. The van der Waals surface area contributed by atoms with Crippen molar-refractivity contribution in [2.45, 2.75) is 57.2 Å². The Labute approximate surface area is 141 Å². The highest BCUT2D eigenvalue weighted by molar-refractivity contribution is 5.79. The third kappa shape index (κ3) is 2.63. The fourth-order valence-corrected chi connectivity index (χ4v) is 3.84. The van der Waals surface area contributed by atoms with E-state index in [1.807, 2.05) is 35.0 Å². The first-order chi connectivity index (χ1) is 11.7. The fourth-order valence-electron chi connectivity index (χ4n) is 3.84. The summed E-state index contributed by atoms with van der Waals surface area (Å²) in [7, 11) is 0. The van der Waals surface area contributed by atoms with Crippen LogP contribution in [0.3, 0.4) is 0 Å². The number of esters is 1. The number of benzene rings is 1. The first kappa shape index (κ1) is 15.4. The number of carbonyl (C=O) groups is 1. The monoisotopic (exact) mass is 326 g/mol. The molecule has 0 unspecified atom stereocenters. The van der Waals surface area contributed by atoms with E-state index in [0.29, 0.717) is 12.8 Å². The molecule has 2 aliphatic carbocycles.